The summed E-state index contributed by atoms with van der Waals surface area (Å²) in [4.78, 5) is 31.8. The van der Waals surface area contributed by atoms with Gasteiger partial charge in [0.15, 0.2) is 0 Å². The molecule has 0 unspecified atom stereocenters. The SMILES string of the molecule is O=C(NOCc1ccccc1)C1CCN(C(=O)c2ccc(Br)cc2)CC1. The molecular weight excluding hydrogens is 396 g/mol. The van der Waals surface area contributed by atoms with Crippen LogP contribution in [-0.4, -0.2) is 29.8 Å². The molecule has 0 radical (unpaired) electrons. The van der Waals surface area contributed by atoms with E-state index in [1.165, 1.54) is 0 Å². The molecule has 1 fully saturated rings. The Labute approximate surface area is 161 Å². The highest BCUT2D eigenvalue weighted by atomic mass is 79.9. The van der Waals surface area contributed by atoms with Crippen LogP contribution in [0.5, 0.6) is 0 Å². The van der Waals surface area contributed by atoms with E-state index in [1.54, 1.807) is 4.90 Å². The lowest BCUT2D eigenvalue weighted by Crippen LogP contribution is -2.43. The molecule has 2 amide bonds. The zero-order valence-electron chi connectivity index (χ0n) is 14.4. The highest BCUT2D eigenvalue weighted by Crippen LogP contribution is 2.20. The fourth-order valence-electron chi connectivity index (χ4n) is 2.97. The van der Waals surface area contributed by atoms with Crippen LogP contribution in [0.15, 0.2) is 59.1 Å². The second-order valence-electron chi connectivity index (χ2n) is 6.31. The molecule has 2 aromatic carbocycles. The number of rotatable bonds is 5. The summed E-state index contributed by atoms with van der Waals surface area (Å²) >= 11 is 3.37. The largest absolute Gasteiger partial charge is 0.339 e. The van der Waals surface area contributed by atoms with E-state index in [4.69, 9.17) is 4.84 Å². The van der Waals surface area contributed by atoms with Crippen LogP contribution < -0.4 is 5.48 Å². The molecule has 0 aromatic heterocycles. The summed E-state index contributed by atoms with van der Waals surface area (Å²) < 4.78 is 0.944. The molecule has 26 heavy (non-hydrogen) atoms. The van der Waals surface area contributed by atoms with Crippen molar-refractivity contribution in [3.05, 3.63) is 70.2 Å². The van der Waals surface area contributed by atoms with Gasteiger partial charge in [0.2, 0.25) is 5.91 Å². The first-order valence-corrected chi connectivity index (χ1v) is 9.43. The number of nitrogens with one attached hydrogen (secondary N) is 1. The first-order valence-electron chi connectivity index (χ1n) is 8.64. The number of likely N-dealkylation sites (tertiary alicyclic amines) is 1. The van der Waals surface area contributed by atoms with E-state index < -0.39 is 0 Å². The molecule has 1 N–H and O–H groups in total. The van der Waals surface area contributed by atoms with Gasteiger partial charge in [-0.3, -0.25) is 14.4 Å². The van der Waals surface area contributed by atoms with Gasteiger partial charge in [0, 0.05) is 29.0 Å². The summed E-state index contributed by atoms with van der Waals surface area (Å²) in [5, 5.41) is 0. The fourth-order valence-corrected chi connectivity index (χ4v) is 3.23. The van der Waals surface area contributed by atoms with E-state index >= 15 is 0 Å². The highest BCUT2D eigenvalue weighted by molar-refractivity contribution is 9.10. The van der Waals surface area contributed by atoms with Crippen LogP contribution in [0.2, 0.25) is 0 Å². The first-order chi connectivity index (χ1) is 12.6. The van der Waals surface area contributed by atoms with Gasteiger partial charge in [0.25, 0.3) is 5.91 Å². The van der Waals surface area contributed by atoms with Crippen LogP contribution in [0.4, 0.5) is 0 Å². The van der Waals surface area contributed by atoms with E-state index in [-0.39, 0.29) is 17.7 Å². The molecule has 1 aliphatic rings. The van der Waals surface area contributed by atoms with Crippen molar-refractivity contribution < 1.29 is 14.4 Å². The minimum Gasteiger partial charge on any atom is -0.339 e. The van der Waals surface area contributed by atoms with E-state index in [0.29, 0.717) is 38.1 Å². The third-order valence-electron chi connectivity index (χ3n) is 4.50. The number of hydrogen-bond donors (Lipinski definition) is 1. The van der Waals surface area contributed by atoms with Gasteiger partial charge in [0.1, 0.15) is 0 Å². The number of halogens is 1. The van der Waals surface area contributed by atoms with Crippen LogP contribution in [0.1, 0.15) is 28.8 Å². The van der Waals surface area contributed by atoms with Gasteiger partial charge in [-0.15, -0.1) is 0 Å². The summed E-state index contributed by atoms with van der Waals surface area (Å²) in [5.74, 6) is -0.229. The lowest BCUT2D eigenvalue weighted by Gasteiger charge is -2.31. The van der Waals surface area contributed by atoms with Crippen molar-refractivity contribution in [3.63, 3.8) is 0 Å². The van der Waals surface area contributed by atoms with E-state index in [1.807, 2.05) is 54.6 Å². The van der Waals surface area contributed by atoms with Gasteiger partial charge >= 0.3 is 0 Å². The van der Waals surface area contributed by atoms with Crippen molar-refractivity contribution in [2.45, 2.75) is 19.4 Å². The first kappa shape index (κ1) is 18.6. The maximum Gasteiger partial charge on any atom is 0.253 e. The summed E-state index contributed by atoms with van der Waals surface area (Å²) in [6.45, 7) is 1.49. The van der Waals surface area contributed by atoms with E-state index in [9.17, 15) is 9.59 Å². The van der Waals surface area contributed by atoms with Gasteiger partial charge in [-0.1, -0.05) is 46.3 Å². The standard InChI is InChI=1S/C20H21BrN2O3/c21-18-8-6-17(7-9-18)20(25)23-12-10-16(11-13-23)19(24)22-26-14-15-4-2-1-3-5-15/h1-9,16H,10-14H2,(H,22,24). The van der Waals surface area contributed by atoms with Crippen molar-refractivity contribution in [3.8, 4) is 0 Å². The van der Waals surface area contributed by atoms with Gasteiger partial charge < -0.3 is 4.90 Å². The average molecular weight is 417 g/mol. The predicted molar refractivity (Wildman–Crippen MR) is 102 cm³/mol. The number of carbonyl (C=O) groups excluding carboxylic acids is 2. The molecule has 1 saturated heterocycles. The molecular formula is C20H21BrN2O3. The van der Waals surface area contributed by atoms with Crippen LogP contribution >= 0.6 is 15.9 Å². The topological polar surface area (TPSA) is 58.6 Å². The molecule has 6 heteroatoms. The number of nitrogens with zero attached hydrogens (tertiary/aromatic N) is 1. The minimum absolute atomic E-state index is 0.0108. The number of amides is 2. The Balaban J connectivity index is 1.43. The Kier molecular flexibility index (Phi) is 6.41. The average Bonchev–Trinajstić information content (AvgIpc) is 2.69. The van der Waals surface area contributed by atoms with Gasteiger partial charge in [0.05, 0.1) is 6.61 Å². The highest BCUT2D eigenvalue weighted by Gasteiger charge is 2.27. The van der Waals surface area contributed by atoms with E-state index in [2.05, 4.69) is 21.4 Å². The summed E-state index contributed by atoms with van der Waals surface area (Å²) in [5.41, 5.74) is 4.21. The zero-order chi connectivity index (χ0) is 18.4. The monoisotopic (exact) mass is 416 g/mol. The zero-order valence-corrected chi connectivity index (χ0v) is 15.9. The molecule has 1 heterocycles. The Bertz CT molecular complexity index is 741. The molecule has 0 aliphatic carbocycles. The van der Waals surface area contributed by atoms with Crippen molar-refractivity contribution in [2.24, 2.45) is 5.92 Å². The second kappa shape index (κ2) is 8.96. The van der Waals surface area contributed by atoms with Gasteiger partial charge in [-0.25, -0.2) is 5.48 Å². The summed E-state index contributed by atoms with van der Waals surface area (Å²) in [6, 6.07) is 17.0. The van der Waals surface area contributed by atoms with E-state index in [0.717, 1.165) is 10.0 Å². The van der Waals surface area contributed by atoms with Crippen molar-refractivity contribution >= 4 is 27.7 Å². The minimum atomic E-state index is -0.125. The Morgan fingerprint density at radius 1 is 1.04 bits per heavy atom. The number of hydroxylamine groups is 1. The van der Waals surface area contributed by atoms with Crippen LogP contribution in [-0.2, 0) is 16.2 Å². The fraction of sp³-hybridized carbons (Fsp3) is 0.300. The maximum absolute atomic E-state index is 12.5. The summed E-state index contributed by atoms with van der Waals surface area (Å²) in [6.07, 6.45) is 1.28. The van der Waals surface area contributed by atoms with Crippen LogP contribution in [0.25, 0.3) is 0 Å². The maximum atomic E-state index is 12.5. The van der Waals surface area contributed by atoms with Gasteiger partial charge in [-0.05, 0) is 42.7 Å². The molecule has 5 nitrogen and oxygen atoms in total. The predicted octanol–water partition coefficient (Wildman–Crippen LogP) is 3.55. The Morgan fingerprint density at radius 3 is 2.35 bits per heavy atom. The molecule has 3 rings (SSSR count). The second-order valence-corrected chi connectivity index (χ2v) is 7.23. The number of carbonyl (C=O) groups is 2. The quantitative estimate of drug-likeness (QED) is 0.758. The Hall–Kier alpha value is -2.18. The van der Waals surface area contributed by atoms with Crippen LogP contribution in [0.3, 0.4) is 0 Å². The molecule has 2 aromatic rings. The summed E-state index contributed by atoms with van der Waals surface area (Å²) in [7, 11) is 0. The Morgan fingerprint density at radius 2 is 1.69 bits per heavy atom. The van der Waals surface area contributed by atoms with Crippen molar-refractivity contribution in [2.75, 3.05) is 13.1 Å². The molecule has 0 bridgehead atoms. The molecule has 1 aliphatic heterocycles. The van der Waals surface area contributed by atoms with Crippen LogP contribution in [0, 0.1) is 5.92 Å². The molecule has 0 saturated carbocycles. The molecule has 0 spiro atoms. The third kappa shape index (κ3) is 4.93. The number of piperidine rings is 1. The van der Waals surface area contributed by atoms with Crippen molar-refractivity contribution in [1.29, 1.82) is 0 Å². The van der Waals surface area contributed by atoms with Gasteiger partial charge in [-0.2, -0.15) is 0 Å². The smallest absolute Gasteiger partial charge is 0.253 e. The normalized spacial score (nSPS) is 14.9. The third-order valence-corrected chi connectivity index (χ3v) is 5.03. The lowest BCUT2D eigenvalue weighted by molar-refractivity contribution is -0.140. The number of hydrogen-bond acceptors (Lipinski definition) is 3. The molecule has 0 atom stereocenters. The lowest BCUT2D eigenvalue weighted by atomic mass is 9.96. The van der Waals surface area contributed by atoms with Crippen molar-refractivity contribution in [1.82, 2.24) is 10.4 Å². The molecule has 136 valence electrons. The number of benzene rings is 2.